The summed E-state index contributed by atoms with van der Waals surface area (Å²) in [6, 6.07) is 14.8. The van der Waals surface area contributed by atoms with Crippen LogP contribution < -0.4 is 5.32 Å². The van der Waals surface area contributed by atoms with Gasteiger partial charge in [-0.1, -0.05) is 30.2 Å². The Bertz CT molecular complexity index is 1440. The molecule has 0 saturated carbocycles. The van der Waals surface area contributed by atoms with E-state index >= 15 is 0 Å². The molecule has 0 radical (unpaired) electrons. The Hall–Kier alpha value is -4.72. The lowest BCUT2D eigenvalue weighted by molar-refractivity contribution is -0.108. The van der Waals surface area contributed by atoms with E-state index in [1.54, 1.807) is 29.0 Å². The van der Waals surface area contributed by atoms with Crippen molar-refractivity contribution in [1.29, 1.82) is 0 Å². The average Bonchev–Trinajstić information content (AvgIpc) is 3.38. The van der Waals surface area contributed by atoms with Gasteiger partial charge in [-0.15, -0.1) is 0 Å². The van der Waals surface area contributed by atoms with Crippen molar-refractivity contribution in [1.82, 2.24) is 29.4 Å². The van der Waals surface area contributed by atoms with E-state index in [1.807, 2.05) is 69.5 Å². The van der Waals surface area contributed by atoms with Crippen molar-refractivity contribution in [2.75, 3.05) is 53.1 Å². The molecule has 3 heterocycles. The second-order valence-electron chi connectivity index (χ2n) is 8.77. The van der Waals surface area contributed by atoms with Gasteiger partial charge in [-0.3, -0.25) is 9.69 Å². The van der Waals surface area contributed by atoms with Crippen molar-refractivity contribution in [3.8, 4) is 23.1 Å². The lowest BCUT2D eigenvalue weighted by atomic mass is 10.1. The number of imidazole rings is 1. The fourth-order valence-electron chi connectivity index (χ4n) is 3.22. The van der Waals surface area contributed by atoms with Crippen LogP contribution in [0.15, 0.2) is 60.9 Å². The second-order valence-corrected chi connectivity index (χ2v) is 8.77. The van der Waals surface area contributed by atoms with Gasteiger partial charge in [-0.05, 0) is 58.3 Å². The minimum atomic E-state index is 0.536. The highest BCUT2D eigenvalue weighted by atomic mass is 16.1. The van der Waals surface area contributed by atoms with E-state index in [-0.39, 0.29) is 0 Å². The minimum Gasteiger partial charge on any atom is -0.373 e. The van der Waals surface area contributed by atoms with E-state index in [0.29, 0.717) is 17.8 Å². The van der Waals surface area contributed by atoms with E-state index in [1.165, 1.54) is 6.92 Å². The average molecular weight is 542 g/mol. The highest BCUT2D eigenvalue weighted by Crippen LogP contribution is 2.18. The van der Waals surface area contributed by atoms with Gasteiger partial charge in [0.25, 0.3) is 0 Å². The lowest BCUT2D eigenvalue weighted by Crippen LogP contribution is -2.29. The molecule has 1 N–H and O–H groups in total. The number of pyridine rings is 1. The molecule has 0 bridgehead atoms. The maximum absolute atomic E-state index is 10.8. The molecule has 40 heavy (non-hydrogen) atoms. The van der Waals surface area contributed by atoms with Crippen molar-refractivity contribution >= 4 is 30.3 Å². The summed E-state index contributed by atoms with van der Waals surface area (Å²) in [6.45, 7) is 3.93. The highest BCUT2D eigenvalue weighted by molar-refractivity contribution is 5.76. The number of rotatable bonds is 8. The van der Waals surface area contributed by atoms with E-state index in [4.69, 9.17) is 4.79 Å². The Morgan fingerprint density at radius 2 is 1.68 bits per heavy atom. The van der Waals surface area contributed by atoms with E-state index in [2.05, 4.69) is 37.1 Å². The third-order valence-corrected chi connectivity index (χ3v) is 5.37. The summed E-state index contributed by atoms with van der Waals surface area (Å²) in [5.74, 6) is 7.00. The Balaban J connectivity index is 0.000000364. The van der Waals surface area contributed by atoms with Crippen LogP contribution in [0, 0.1) is 11.8 Å². The number of hydrogen-bond donors (Lipinski definition) is 1. The van der Waals surface area contributed by atoms with Crippen LogP contribution in [-0.2, 0) is 9.59 Å². The predicted octanol–water partition coefficient (Wildman–Crippen LogP) is 2.93. The molecule has 0 atom stereocenters. The number of nitrogens with one attached hydrogen (secondary N) is 1. The third-order valence-electron chi connectivity index (χ3n) is 5.37. The zero-order chi connectivity index (χ0) is 29.3. The number of benzene rings is 1. The van der Waals surface area contributed by atoms with Gasteiger partial charge < -0.3 is 19.8 Å². The van der Waals surface area contributed by atoms with Gasteiger partial charge in [0.2, 0.25) is 0 Å². The van der Waals surface area contributed by atoms with E-state index < -0.39 is 0 Å². The quantitative estimate of drug-likeness (QED) is 0.266. The summed E-state index contributed by atoms with van der Waals surface area (Å²) in [5.41, 5.74) is 4.60. The molecule has 0 saturated heterocycles. The SMILES string of the molecule is CC=O.CN(C)CCN(C)CC=O.CNc1cc(C#Cc2cnc3ccc(-c4ccc(C=O)cc4)nn23)ccn1. The minimum absolute atomic E-state index is 0.536. The summed E-state index contributed by atoms with van der Waals surface area (Å²) in [5, 5.41) is 7.64. The van der Waals surface area contributed by atoms with E-state index in [9.17, 15) is 9.59 Å². The molecule has 4 aromatic rings. The van der Waals surface area contributed by atoms with Gasteiger partial charge in [-0.2, -0.15) is 5.10 Å². The number of aldehydes is 3. The number of anilines is 1. The predicted molar refractivity (Wildman–Crippen MR) is 157 cm³/mol. The molecular formula is C30H35N7O3. The first kappa shape index (κ1) is 31.5. The molecule has 3 aromatic heterocycles. The highest BCUT2D eigenvalue weighted by Gasteiger charge is 2.06. The van der Waals surface area contributed by atoms with Gasteiger partial charge in [0.05, 0.1) is 18.4 Å². The molecule has 1 aromatic carbocycles. The van der Waals surface area contributed by atoms with Crippen LogP contribution in [-0.4, -0.2) is 96.1 Å². The Morgan fingerprint density at radius 3 is 2.30 bits per heavy atom. The molecule has 0 fully saturated rings. The largest absolute Gasteiger partial charge is 0.373 e. The van der Waals surface area contributed by atoms with Crippen molar-refractivity contribution < 1.29 is 14.4 Å². The maximum Gasteiger partial charge on any atom is 0.154 e. The molecule has 208 valence electrons. The molecule has 4 rings (SSSR count). The third kappa shape index (κ3) is 10.2. The zero-order valence-corrected chi connectivity index (χ0v) is 23.5. The second kappa shape index (κ2) is 17.0. The van der Waals surface area contributed by atoms with Crippen LogP contribution in [0.5, 0.6) is 0 Å². The van der Waals surface area contributed by atoms with Crippen molar-refractivity contribution in [2.45, 2.75) is 6.92 Å². The number of aromatic nitrogens is 4. The molecule has 0 unspecified atom stereocenters. The van der Waals surface area contributed by atoms with E-state index in [0.717, 1.165) is 60.2 Å². The molecule has 10 nitrogen and oxygen atoms in total. The first-order valence-corrected chi connectivity index (χ1v) is 12.6. The smallest absolute Gasteiger partial charge is 0.154 e. The first-order valence-electron chi connectivity index (χ1n) is 12.6. The van der Waals surface area contributed by atoms with Gasteiger partial charge >= 0.3 is 0 Å². The number of nitrogens with zero attached hydrogens (tertiary/aromatic N) is 6. The molecule has 0 aliphatic rings. The number of carbonyl (C=O) groups excluding carboxylic acids is 3. The Labute approximate surface area is 235 Å². The summed E-state index contributed by atoms with van der Waals surface area (Å²) < 4.78 is 1.72. The van der Waals surface area contributed by atoms with Gasteiger partial charge in [0.15, 0.2) is 5.65 Å². The van der Waals surface area contributed by atoms with Gasteiger partial charge in [0.1, 0.15) is 30.4 Å². The first-order chi connectivity index (χ1) is 19.3. The Morgan fingerprint density at radius 1 is 0.950 bits per heavy atom. The topological polar surface area (TPSA) is 113 Å². The molecular weight excluding hydrogens is 506 g/mol. The molecule has 10 heteroatoms. The van der Waals surface area contributed by atoms with Crippen LogP contribution in [0.2, 0.25) is 0 Å². The number of hydrogen-bond acceptors (Lipinski definition) is 9. The standard InChI is InChI=1S/C21H15N5O.C7H16N2O.C2H4O/c1-22-20-12-15(10-11-23-20)4-7-18-13-24-21-9-8-19(25-26(18)21)17-5-2-16(14-27)3-6-17;1-8(2)4-5-9(3)6-7-10;1-2-3/h2-3,5-6,8-14H,1H3,(H,22,23);7H,4-6H2,1-3H3;2H,1H3. The fraction of sp³-hybridized carbons (Fsp3) is 0.267. The Kier molecular flexibility index (Phi) is 13.4. The van der Waals surface area contributed by atoms with Crippen LogP contribution in [0.1, 0.15) is 28.5 Å². The van der Waals surface area contributed by atoms with Gasteiger partial charge in [0, 0.05) is 43.0 Å². The summed E-state index contributed by atoms with van der Waals surface area (Å²) in [7, 11) is 7.80. The summed E-state index contributed by atoms with van der Waals surface area (Å²) >= 11 is 0. The lowest BCUT2D eigenvalue weighted by Gasteiger charge is -2.16. The molecule has 0 aliphatic carbocycles. The number of likely N-dealkylation sites (N-methyl/N-ethyl adjacent to an activating group) is 2. The van der Waals surface area contributed by atoms with Crippen molar-refractivity contribution in [3.63, 3.8) is 0 Å². The van der Waals surface area contributed by atoms with Crippen LogP contribution in [0.4, 0.5) is 5.82 Å². The molecule has 0 aliphatic heterocycles. The monoisotopic (exact) mass is 541 g/mol. The summed E-state index contributed by atoms with van der Waals surface area (Å²) in [4.78, 5) is 42.3. The van der Waals surface area contributed by atoms with Crippen LogP contribution >= 0.6 is 0 Å². The molecule has 0 spiro atoms. The maximum atomic E-state index is 10.8. The van der Waals surface area contributed by atoms with Crippen LogP contribution in [0.25, 0.3) is 16.9 Å². The zero-order valence-electron chi connectivity index (χ0n) is 23.5. The van der Waals surface area contributed by atoms with Gasteiger partial charge in [-0.25, -0.2) is 14.5 Å². The number of fused-ring (bicyclic) bond motifs is 1. The van der Waals surface area contributed by atoms with Crippen LogP contribution in [0.3, 0.4) is 0 Å². The fourth-order valence-corrected chi connectivity index (χ4v) is 3.22. The van der Waals surface area contributed by atoms with Crippen molar-refractivity contribution in [3.05, 3.63) is 77.7 Å². The summed E-state index contributed by atoms with van der Waals surface area (Å²) in [6.07, 6.45) is 5.91. The van der Waals surface area contributed by atoms with Crippen molar-refractivity contribution in [2.24, 2.45) is 0 Å². The number of carbonyl (C=O) groups is 3. The molecule has 0 amide bonds. The normalized spacial score (nSPS) is 9.97.